The van der Waals surface area contributed by atoms with Gasteiger partial charge in [0.2, 0.25) is 5.91 Å². The van der Waals surface area contributed by atoms with Crippen LogP contribution in [0, 0.1) is 5.92 Å². The van der Waals surface area contributed by atoms with Crippen LogP contribution in [0.1, 0.15) is 44.9 Å². The highest BCUT2D eigenvalue weighted by Gasteiger charge is 2.21. The van der Waals surface area contributed by atoms with E-state index in [0.717, 1.165) is 45.1 Å². The predicted molar refractivity (Wildman–Crippen MR) is 82.5 cm³/mol. The monoisotopic (exact) mass is 326 g/mol. The van der Waals surface area contributed by atoms with Gasteiger partial charge in [-0.2, -0.15) is 0 Å². The number of ether oxygens (including phenoxy) is 2. The van der Waals surface area contributed by atoms with Crippen molar-refractivity contribution in [1.82, 2.24) is 10.6 Å². The smallest absolute Gasteiger partial charge is 0.325 e. The molecule has 0 radical (unpaired) electrons. The van der Waals surface area contributed by atoms with E-state index in [1.54, 1.807) is 0 Å². The Hall–Kier alpha value is -1.63. The summed E-state index contributed by atoms with van der Waals surface area (Å²) >= 11 is 0. The summed E-state index contributed by atoms with van der Waals surface area (Å²) in [5, 5.41) is 5.26. The average molecular weight is 326 g/mol. The summed E-state index contributed by atoms with van der Waals surface area (Å²) < 4.78 is 10.2. The van der Waals surface area contributed by atoms with E-state index in [0.29, 0.717) is 6.54 Å². The molecule has 7 heteroatoms. The number of hydrogen-bond acceptors (Lipinski definition) is 5. The summed E-state index contributed by atoms with van der Waals surface area (Å²) in [5.74, 6) is -1.04. The van der Waals surface area contributed by atoms with Crippen molar-refractivity contribution in [3.8, 4) is 0 Å². The summed E-state index contributed by atoms with van der Waals surface area (Å²) in [6.45, 7) is 0.657. The van der Waals surface area contributed by atoms with E-state index in [1.807, 2.05) is 0 Å². The van der Waals surface area contributed by atoms with Crippen LogP contribution in [0.4, 0.5) is 0 Å². The lowest BCUT2D eigenvalue weighted by Gasteiger charge is -2.20. The molecule has 0 aromatic heterocycles. The molecule has 2 rings (SSSR count). The Morgan fingerprint density at radius 1 is 1.00 bits per heavy atom. The number of carbonyl (C=O) groups excluding carboxylic acids is 3. The standard InChI is InChI=1S/C16H26N2O5/c19-14(17-9-13-7-4-8-22-13)11-23-15(20)10-18-16(21)12-5-2-1-3-6-12/h12-13H,1-11H2,(H,17,19)(H,18,21)/t13-/m1/s1. The summed E-state index contributed by atoms with van der Waals surface area (Å²) in [6, 6.07) is 0. The van der Waals surface area contributed by atoms with E-state index in [1.165, 1.54) is 6.42 Å². The van der Waals surface area contributed by atoms with Crippen LogP contribution in [0.2, 0.25) is 0 Å². The molecule has 2 aliphatic rings. The lowest BCUT2D eigenvalue weighted by atomic mass is 9.89. The maximum Gasteiger partial charge on any atom is 0.325 e. The molecule has 1 heterocycles. The Morgan fingerprint density at radius 2 is 1.78 bits per heavy atom. The Labute approximate surface area is 136 Å². The van der Waals surface area contributed by atoms with Crippen molar-refractivity contribution >= 4 is 17.8 Å². The molecule has 0 bridgehead atoms. The Morgan fingerprint density at radius 3 is 2.48 bits per heavy atom. The van der Waals surface area contributed by atoms with Crippen LogP contribution in [0.3, 0.4) is 0 Å². The fourth-order valence-corrected chi connectivity index (χ4v) is 2.95. The van der Waals surface area contributed by atoms with Crippen molar-refractivity contribution in [3.63, 3.8) is 0 Å². The van der Waals surface area contributed by atoms with Crippen molar-refractivity contribution < 1.29 is 23.9 Å². The van der Waals surface area contributed by atoms with Gasteiger partial charge in [0.05, 0.1) is 6.10 Å². The minimum atomic E-state index is -0.596. The van der Waals surface area contributed by atoms with Crippen LogP contribution in [0.25, 0.3) is 0 Å². The minimum absolute atomic E-state index is 0.00580. The van der Waals surface area contributed by atoms with E-state index in [-0.39, 0.29) is 37.0 Å². The van der Waals surface area contributed by atoms with E-state index in [2.05, 4.69) is 10.6 Å². The van der Waals surface area contributed by atoms with Gasteiger partial charge < -0.3 is 20.1 Å². The third-order valence-corrected chi connectivity index (χ3v) is 4.30. The topological polar surface area (TPSA) is 93.7 Å². The highest BCUT2D eigenvalue weighted by atomic mass is 16.5. The lowest BCUT2D eigenvalue weighted by molar-refractivity contribution is -0.148. The highest BCUT2D eigenvalue weighted by molar-refractivity contribution is 5.85. The predicted octanol–water partition coefficient (Wildman–Crippen LogP) is 0.521. The first-order valence-corrected chi connectivity index (χ1v) is 8.47. The fraction of sp³-hybridized carbons (Fsp3) is 0.812. The summed E-state index contributed by atoms with van der Waals surface area (Å²) in [5.41, 5.74) is 0. The third-order valence-electron chi connectivity index (χ3n) is 4.30. The number of carbonyl (C=O) groups is 3. The zero-order valence-corrected chi connectivity index (χ0v) is 13.5. The minimum Gasteiger partial charge on any atom is -0.454 e. The zero-order chi connectivity index (χ0) is 16.5. The molecule has 1 saturated carbocycles. The summed E-state index contributed by atoms with van der Waals surface area (Å²) in [4.78, 5) is 35.0. The summed E-state index contributed by atoms with van der Waals surface area (Å²) in [6.07, 6.45) is 7.07. The van der Waals surface area contributed by atoms with Crippen molar-refractivity contribution in [3.05, 3.63) is 0 Å². The van der Waals surface area contributed by atoms with Gasteiger partial charge in [0.15, 0.2) is 6.61 Å². The largest absolute Gasteiger partial charge is 0.454 e. The van der Waals surface area contributed by atoms with Gasteiger partial charge in [-0.05, 0) is 25.7 Å². The van der Waals surface area contributed by atoms with Gasteiger partial charge in [0.25, 0.3) is 5.91 Å². The van der Waals surface area contributed by atoms with Gasteiger partial charge in [-0.3, -0.25) is 14.4 Å². The van der Waals surface area contributed by atoms with Gasteiger partial charge in [-0.25, -0.2) is 0 Å². The Kier molecular flexibility index (Phi) is 7.32. The molecule has 1 atom stereocenters. The molecule has 23 heavy (non-hydrogen) atoms. The van der Waals surface area contributed by atoms with Crippen LogP contribution in [-0.4, -0.2) is 50.2 Å². The number of nitrogens with one attached hydrogen (secondary N) is 2. The average Bonchev–Trinajstić information content (AvgIpc) is 3.10. The maximum absolute atomic E-state index is 11.9. The van der Waals surface area contributed by atoms with Crippen molar-refractivity contribution in [2.45, 2.75) is 51.0 Å². The SMILES string of the molecule is O=C(COC(=O)CNC(=O)C1CCCCC1)NC[C@H]1CCCO1. The number of esters is 1. The normalized spacial score (nSPS) is 21.7. The van der Waals surface area contributed by atoms with Gasteiger partial charge in [0, 0.05) is 19.1 Å². The Balaban J connectivity index is 1.53. The van der Waals surface area contributed by atoms with Crippen molar-refractivity contribution in [2.24, 2.45) is 5.92 Å². The van der Waals surface area contributed by atoms with Crippen LogP contribution in [-0.2, 0) is 23.9 Å². The molecular weight excluding hydrogens is 300 g/mol. The number of amides is 2. The first kappa shape index (κ1) is 17.7. The molecular formula is C16H26N2O5. The second-order valence-electron chi connectivity index (χ2n) is 6.15. The van der Waals surface area contributed by atoms with E-state index in [9.17, 15) is 14.4 Å². The van der Waals surface area contributed by atoms with Gasteiger partial charge in [-0.15, -0.1) is 0 Å². The van der Waals surface area contributed by atoms with Crippen LogP contribution in [0.15, 0.2) is 0 Å². The van der Waals surface area contributed by atoms with Crippen LogP contribution < -0.4 is 10.6 Å². The van der Waals surface area contributed by atoms with E-state index in [4.69, 9.17) is 9.47 Å². The maximum atomic E-state index is 11.9. The molecule has 7 nitrogen and oxygen atoms in total. The summed E-state index contributed by atoms with van der Waals surface area (Å²) in [7, 11) is 0. The van der Waals surface area contributed by atoms with E-state index < -0.39 is 5.97 Å². The molecule has 0 spiro atoms. The second kappa shape index (κ2) is 9.50. The van der Waals surface area contributed by atoms with E-state index >= 15 is 0 Å². The molecule has 130 valence electrons. The van der Waals surface area contributed by atoms with Crippen molar-refractivity contribution in [1.29, 1.82) is 0 Å². The zero-order valence-electron chi connectivity index (χ0n) is 13.5. The Bertz CT molecular complexity index is 415. The third kappa shape index (κ3) is 6.56. The molecule has 1 saturated heterocycles. The first-order valence-electron chi connectivity index (χ1n) is 8.47. The number of hydrogen-bond donors (Lipinski definition) is 2. The van der Waals surface area contributed by atoms with Crippen LogP contribution >= 0.6 is 0 Å². The lowest BCUT2D eigenvalue weighted by Crippen LogP contribution is -2.38. The molecule has 2 fully saturated rings. The van der Waals surface area contributed by atoms with Gasteiger partial charge in [-0.1, -0.05) is 19.3 Å². The molecule has 2 amide bonds. The second-order valence-corrected chi connectivity index (χ2v) is 6.15. The molecule has 1 aliphatic carbocycles. The number of rotatable bonds is 7. The molecule has 1 aliphatic heterocycles. The van der Waals surface area contributed by atoms with Gasteiger partial charge >= 0.3 is 5.97 Å². The van der Waals surface area contributed by atoms with Crippen LogP contribution in [0.5, 0.6) is 0 Å². The fourth-order valence-electron chi connectivity index (χ4n) is 2.95. The van der Waals surface area contributed by atoms with Crippen molar-refractivity contribution in [2.75, 3.05) is 26.3 Å². The first-order chi connectivity index (χ1) is 11.1. The molecule has 0 aromatic rings. The molecule has 0 aromatic carbocycles. The quantitative estimate of drug-likeness (QED) is 0.665. The molecule has 2 N–H and O–H groups in total. The molecule has 0 unspecified atom stereocenters. The van der Waals surface area contributed by atoms with Gasteiger partial charge in [0.1, 0.15) is 6.54 Å². The highest BCUT2D eigenvalue weighted by Crippen LogP contribution is 2.23.